The Bertz CT molecular complexity index is 1060. The molecule has 1 N–H and O–H groups in total. The largest absolute Gasteiger partial charge is 0.337 e. The molecule has 0 saturated carbocycles. The van der Waals surface area contributed by atoms with Gasteiger partial charge < -0.3 is 5.32 Å². The Morgan fingerprint density at radius 2 is 1.80 bits per heavy atom. The van der Waals surface area contributed by atoms with E-state index < -0.39 is 9.84 Å². The second-order valence-corrected chi connectivity index (χ2v) is 8.22. The van der Waals surface area contributed by atoms with Crippen molar-refractivity contribution in [1.29, 1.82) is 0 Å². The molecular weight excluding hydrogens is 354 g/mol. The number of fused-ring (bicyclic) bond motifs is 2. The van der Waals surface area contributed by atoms with Gasteiger partial charge in [0.05, 0.1) is 10.6 Å². The number of rotatable bonds is 3. The summed E-state index contributed by atoms with van der Waals surface area (Å²) in [6.45, 7) is 0. The first kappa shape index (κ1) is 15.9. The number of nitrogens with one attached hydrogen (secondary N) is 1. The molecule has 0 unspecified atom stereocenters. The summed E-state index contributed by atoms with van der Waals surface area (Å²) in [6.07, 6.45) is 4.89. The quantitative estimate of drug-likeness (QED) is 0.587. The van der Waals surface area contributed by atoms with Crippen LogP contribution in [0.3, 0.4) is 0 Å². The summed E-state index contributed by atoms with van der Waals surface area (Å²) in [5.41, 5.74) is 1.68. The molecule has 2 heterocycles. The van der Waals surface area contributed by atoms with E-state index in [2.05, 4.69) is 15.3 Å². The van der Waals surface area contributed by atoms with Gasteiger partial charge in [-0.2, -0.15) is 0 Å². The molecule has 0 spiro atoms. The highest BCUT2D eigenvalue weighted by molar-refractivity contribution is 7.99. The standard InChI is InChI=1S/C18H13N3O2S2/c22-25(23,14-4-2-1-3-5-14)11-8-13-6-7-16-15(12-13)21-17-18(24-16)20-10-9-19-17/h1-12H,(H,19,21)/b11-8+. The first-order chi connectivity index (χ1) is 12.1. The Kier molecular flexibility index (Phi) is 4.03. The van der Waals surface area contributed by atoms with E-state index in [-0.39, 0.29) is 4.90 Å². The highest BCUT2D eigenvalue weighted by Crippen LogP contribution is 2.42. The van der Waals surface area contributed by atoms with Crippen LogP contribution in [-0.2, 0) is 9.84 Å². The molecule has 7 heteroatoms. The maximum absolute atomic E-state index is 12.3. The Balaban J connectivity index is 1.62. The first-order valence-corrected chi connectivity index (χ1v) is 9.86. The number of anilines is 2. The van der Waals surface area contributed by atoms with Gasteiger partial charge in [-0.1, -0.05) is 36.0 Å². The van der Waals surface area contributed by atoms with Crippen LogP contribution in [0.25, 0.3) is 6.08 Å². The predicted octanol–water partition coefficient (Wildman–Crippen LogP) is 4.13. The fraction of sp³-hybridized carbons (Fsp3) is 0. The van der Waals surface area contributed by atoms with Crippen LogP contribution in [-0.4, -0.2) is 18.4 Å². The minimum atomic E-state index is -3.46. The van der Waals surface area contributed by atoms with Crippen molar-refractivity contribution in [3.05, 3.63) is 71.9 Å². The summed E-state index contributed by atoms with van der Waals surface area (Å²) in [5, 5.41) is 5.29. The van der Waals surface area contributed by atoms with Gasteiger partial charge in [-0.25, -0.2) is 18.4 Å². The van der Waals surface area contributed by atoms with Crippen LogP contribution >= 0.6 is 11.8 Å². The van der Waals surface area contributed by atoms with Crippen molar-refractivity contribution in [2.75, 3.05) is 5.32 Å². The van der Waals surface area contributed by atoms with E-state index in [1.54, 1.807) is 48.8 Å². The summed E-state index contributed by atoms with van der Waals surface area (Å²) in [7, 11) is -3.46. The second-order valence-electron chi connectivity index (χ2n) is 5.35. The normalized spacial score (nSPS) is 13.1. The van der Waals surface area contributed by atoms with Crippen LogP contribution in [0.2, 0.25) is 0 Å². The Hall–Kier alpha value is -2.64. The summed E-state index contributed by atoms with van der Waals surface area (Å²) < 4.78 is 24.7. The van der Waals surface area contributed by atoms with Gasteiger partial charge in [0.2, 0.25) is 0 Å². The van der Waals surface area contributed by atoms with Gasteiger partial charge >= 0.3 is 0 Å². The summed E-state index contributed by atoms with van der Waals surface area (Å²) in [4.78, 5) is 9.86. The monoisotopic (exact) mass is 367 g/mol. The molecule has 0 saturated heterocycles. The van der Waals surface area contributed by atoms with Crippen LogP contribution in [0, 0.1) is 0 Å². The van der Waals surface area contributed by atoms with Crippen LogP contribution in [0.15, 0.2) is 81.1 Å². The first-order valence-electron chi connectivity index (χ1n) is 7.50. The lowest BCUT2D eigenvalue weighted by atomic mass is 10.2. The van der Waals surface area contributed by atoms with Gasteiger partial charge in [-0.05, 0) is 35.9 Å². The Morgan fingerprint density at radius 3 is 2.64 bits per heavy atom. The smallest absolute Gasteiger partial charge is 0.199 e. The van der Waals surface area contributed by atoms with Crippen molar-refractivity contribution in [2.24, 2.45) is 0 Å². The predicted molar refractivity (Wildman–Crippen MR) is 98.5 cm³/mol. The van der Waals surface area contributed by atoms with Crippen molar-refractivity contribution < 1.29 is 8.42 Å². The summed E-state index contributed by atoms with van der Waals surface area (Å²) >= 11 is 1.53. The SMILES string of the molecule is O=S(=O)(/C=C/c1ccc2c(c1)Nc1nccnc1S2)c1ccccc1. The van der Waals surface area contributed by atoms with Gasteiger partial charge in [0, 0.05) is 22.7 Å². The average Bonchev–Trinajstić information content (AvgIpc) is 2.65. The highest BCUT2D eigenvalue weighted by Gasteiger charge is 2.17. The Labute approximate surface area is 149 Å². The lowest BCUT2D eigenvalue weighted by Gasteiger charge is -2.18. The zero-order valence-corrected chi connectivity index (χ0v) is 14.6. The third kappa shape index (κ3) is 3.29. The number of hydrogen-bond acceptors (Lipinski definition) is 6. The van der Waals surface area contributed by atoms with Crippen molar-refractivity contribution in [3.63, 3.8) is 0 Å². The molecule has 5 nitrogen and oxygen atoms in total. The van der Waals surface area contributed by atoms with E-state index in [9.17, 15) is 8.42 Å². The Morgan fingerprint density at radius 1 is 1.00 bits per heavy atom. The molecule has 0 aliphatic carbocycles. The zero-order valence-electron chi connectivity index (χ0n) is 13.0. The molecule has 1 aliphatic rings. The topological polar surface area (TPSA) is 72.0 Å². The minimum absolute atomic E-state index is 0.280. The maximum atomic E-state index is 12.3. The van der Waals surface area contributed by atoms with E-state index in [0.717, 1.165) is 21.2 Å². The number of aromatic nitrogens is 2. The molecule has 0 atom stereocenters. The molecule has 2 aromatic carbocycles. The van der Waals surface area contributed by atoms with Gasteiger partial charge in [0.1, 0.15) is 5.03 Å². The average molecular weight is 367 g/mol. The molecule has 25 heavy (non-hydrogen) atoms. The molecule has 4 rings (SSSR count). The molecule has 0 fully saturated rings. The fourth-order valence-electron chi connectivity index (χ4n) is 2.41. The fourth-order valence-corrected chi connectivity index (χ4v) is 4.32. The third-order valence-corrected chi connectivity index (χ3v) is 6.13. The highest BCUT2D eigenvalue weighted by atomic mass is 32.2. The molecule has 0 bridgehead atoms. The molecule has 3 aromatic rings. The lowest BCUT2D eigenvalue weighted by Crippen LogP contribution is -2.03. The maximum Gasteiger partial charge on any atom is 0.199 e. The summed E-state index contributed by atoms with van der Waals surface area (Å²) in [5.74, 6) is 0.707. The number of nitrogens with zero attached hydrogens (tertiary/aromatic N) is 2. The van der Waals surface area contributed by atoms with Gasteiger partial charge in [-0.3, -0.25) is 0 Å². The number of benzene rings is 2. The van der Waals surface area contributed by atoms with E-state index in [0.29, 0.717) is 5.82 Å². The minimum Gasteiger partial charge on any atom is -0.337 e. The molecular formula is C18H13N3O2S2. The van der Waals surface area contributed by atoms with Crippen molar-refractivity contribution in [1.82, 2.24) is 9.97 Å². The van der Waals surface area contributed by atoms with Crippen molar-refractivity contribution in [3.8, 4) is 0 Å². The lowest BCUT2D eigenvalue weighted by molar-refractivity contribution is 0.605. The number of sulfone groups is 1. The number of hydrogen-bond donors (Lipinski definition) is 1. The van der Waals surface area contributed by atoms with Gasteiger partial charge in [0.25, 0.3) is 0 Å². The molecule has 1 aromatic heterocycles. The van der Waals surface area contributed by atoms with Crippen molar-refractivity contribution >= 4 is 39.2 Å². The van der Waals surface area contributed by atoms with E-state index in [4.69, 9.17) is 0 Å². The van der Waals surface area contributed by atoms with Gasteiger partial charge in [0.15, 0.2) is 15.7 Å². The second kappa shape index (κ2) is 6.34. The van der Waals surface area contributed by atoms with Crippen molar-refractivity contribution in [2.45, 2.75) is 14.8 Å². The van der Waals surface area contributed by atoms with Crippen LogP contribution in [0.1, 0.15) is 5.56 Å². The van der Waals surface area contributed by atoms with E-state index in [1.807, 2.05) is 18.2 Å². The molecule has 124 valence electrons. The van der Waals surface area contributed by atoms with Crippen LogP contribution < -0.4 is 5.32 Å². The van der Waals surface area contributed by atoms with E-state index in [1.165, 1.54) is 17.2 Å². The molecule has 0 amide bonds. The van der Waals surface area contributed by atoms with Crippen LogP contribution in [0.5, 0.6) is 0 Å². The third-order valence-electron chi connectivity index (χ3n) is 3.64. The zero-order chi connectivity index (χ0) is 17.3. The van der Waals surface area contributed by atoms with Crippen LogP contribution in [0.4, 0.5) is 11.5 Å². The molecule has 0 radical (unpaired) electrons. The van der Waals surface area contributed by atoms with E-state index >= 15 is 0 Å². The summed E-state index contributed by atoms with van der Waals surface area (Å²) in [6, 6.07) is 14.1. The molecule has 1 aliphatic heterocycles. The van der Waals surface area contributed by atoms with Gasteiger partial charge in [-0.15, -0.1) is 0 Å².